The van der Waals surface area contributed by atoms with Crippen LogP contribution in [0.2, 0.25) is 0 Å². The molecule has 1 aliphatic rings. The SMILES string of the molecule is O=C(NCC(F)(F)F)C1CCN(C(=O)NCc2cccs2)CC1. The number of nitrogens with zero attached hydrogens (tertiary/aromatic N) is 1. The lowest BCUT2D eigenvalue weighted by Crippen LogP contribution is -2.47. The van der Waals surface area contributed by atoms with E-state index < -0.39 is 24.5 Å². The predicted octanol–water partition coefficient (Wildman–Crippen LogP) is 2.35. The van der Waals surface area contributed by atoms with Crippen molar-refractivity contribution in [1.82, 2.24) is 15.5 Å². The molecular formula is C14H18F3N3O2S. The molecule has 2 N–H and O–H groups in total. The van der Waals surface area contributed by atoms with Crippen LogP contribution >= 0.6 is 11.3 Å². The minimum atomic E-state index is -4.40. The highest BCUT2D eigenvalue weighted by Crippen LogP contribution is 2.19. The van der Waals surface area contributed by atoms with Crippen molar-refractivity contribution < 1.29 is 22.8 Å². The molecule has 0 unspecified atom stereocenters. The Bertz CT molecular complexity index is 526. The standard InChI is InChI=1S/C14H18F3N3O2S/c15-14(16,17)9-19-12(21)10-3-5-20(6-4-10)13(22)18-8-11-2-1-7-23-11/h1-2,7,10H,3-6,8-9H2,(H,18,22)(H,19,21). The van der Waals surface area contributed by atoms with Crippen molar-refractivity contribution in [3.8, 4) is 0 Å². The molecule has 3 amide bonds. The molecule has 2 heterocycles. The van der Waals surface area contributed by atoms with E-state index in [9.17, 15) is 22.8 Å². The van der Waals surface area contributed by atoms with E-state index in [4.69, 9.17) is 0 Å². The minimum Gasteiger partial charge on any atom is -0.347 e. The molecule has 128 valence electrons. The summed E-state index contributed by atoms with van der Waals surface area (Å²) in [5.41, 5.74) is 0. The number of amides is 3. The minimum absolute atomic E-state index is 0.215. The Morgan fingerprint density at radius 1 is 1.26 bits per heavy atom. The van der Waals surface area contributed by atoms with E-state index in [0.29, 0.717) is 32.5 Å². The van der Waals surface area contributed by atoms with Crippen LogP contribution in [0.4, 0.5) is 18.0 Å². The van der Waals surface area contributed by atoms with Crippen molar-refractivity contribution in [2.24, 2.45) is 5.92 Å². The number of alkyl halides is 3. The van der Waals surface area contributed by atoms with Crippen LogP contribution in [0.5, 0.6) is 0 Å². The predicted molar refractivity (Wildman–Crippen MR) is 79.9 cm³/mol. The summed E-state index contributed by atoms with van der Waals surface area (Å²) in [7, 11) is 0. The molecule has 0 aliphatic carbocycles. The second kappa shape index (κ2) is 7.67. The maximum atomic E-state index is 12.1. The molecular weight excluding hydrogens is 331 g/mol. The first-order valence-electron chi connectivity index (χ1n) is 7.25. The fourth-order valence-electron chi connectivity index (χ4n) is 2.36. The summed E-state index contributed by atoms with van der Waals surface area (Å²) in [6.07, 6.45) is -3.66. The Hall–Kier alpha value is -1.77. The lowest BCUT2D eigenvalue weighted by Gasteiger charge is -2.31. The third-order valence-electron chi connectivity index (χ3n) is 3.61. The molecule has 1 aliphatic heterocycles. The zero-order valence-electron chi connectivity index (χ0n) is 12.4. The van der Waals surface area contributed by atoms with Crippen LogP contribution in [0, 0.1) is 5.92 Å². The zero-order valence-corrected chi connectivity index (χ0v) is 13.2. The van der Waals surface area contributed by atoms with Crippen LogP contribution in [0.1, 0.15) is 17.7 Å². The largest absolute Gasteiger partial charge is 0.405 e. The monoisotopic (exact) mass is 349 g/mol. The van der Waals surface area contributed by atoms with Gasteiger partial charge in [0.2, 0.25) is 5.91 Å². The highest BCUT2D eigenvalue weighted by molar-refractivity contribution is 7.09. The quantitative estimate of drug-likeness (QED) is 0.877. The average molecular weight is 349 g/mol. The number of likely N-dealkylation sites (tertiary alicyclic amines) is 1. The molecule has 5 nitrogen and oxygen atoms in total. The van der Waals surface area contributed by atoms with Crippen molar-refractivity contribution >= 4 is 23.3 Å². The Balaban J connectivity index is 1.70. The molecule has 0 bridgehead atoms. The number of carbonyl (C=O) groups is 2. The molecule has 2 rings (SSSR count). The number of urea groups is 1. The van der Waals surface area contributed by atoms with Gasteiger partial charge in [0, 0.05) is 23.9 Å². The number of halogens is 3. The normalized spacial score (nSPS) is 16.2. The highest BCUT2D eigenvalue weighted by Gasteiger charge is 2.31. The van der Waals surface area contributed by atoms with Crippen LogP contribution in [-0.2, 0) is 11.3 Å². The van der Waals surface area contributed by atoms with Crippen LogP contribution in [0.3, 0.4) is 0 Å². The van der Waals surface area contributed by atoms with E-state index in [1.54, 1.807) is 16.2 Å². The fraction of sp³-hybridized carbons (Fsp3) is 0.571. The van der Waals surface area contributed by atoms with Crippen molar-refractivity contribution in [2.75, 3.05) is 19.6 Å². The summed E-state index contributed by atoms with van der Waals surface area (Å²) in [5.74, 6) is -1.07. The smallest absolute Gasteiger partial charge is 0.347 e. The topological polar surface area (TPSA) is 61.4 Å². The molecule has 9 heteroatoms. The Kier molecular flexibility index (Phi) is 5.86. The van der Waals surface area contributed by atoms with Crippen LogP contribution in [-0.4, -0.2) is 42.6 Å². The third kappa shape index (κ3) is 5.74. The van der Waals surface area contributed by atoms with Crippen molar-refractivity contribution in [3.63, 3.8) is 0 Å². The number of thiophene rings is 1. The Morgan fingerprint density at radius 3 is 2.52 bits per heavy atom. The van der Waals surface area contributed by atoms with Gasteiger partial charge in [0.05, 0.1) is 6.54 Å². The maximum absolute atomic E-state index is 12.1. The van der Waals surface area contributed by atoms with Crippen LogP contribution < -0.4 is 10.6 Å². The fourth-order valence-corrected chi connectivity index (χ4v) is 3.01. The number of hydrogen-bond donors (Lipinski definition) is 2. The second-order valence-electron chi connectivity index (χ2n) is 5.33. The first-order valence-corrected chi connectivity index (χ1v) is 8.13. The molecule has 1 saturated heterocycles. The van der Waals surface area contributed by atoms with Crippen molar-refractivity contribution in [2.45, 2.75) is 25.6 Å². The second-order valence-corrected chi connectivity index (χ2v) is 6.36. The van der Waals surface area contributed by atoms with Gasteiger partial charge in [0.25, 0.3) is 0 Å². The summed E-state index contributed by atoms with van der Waals surface area (Å²) in [4.78, 5) is 26.3. The number of piperidine rings is 1. The molecule has 0 atom stereocenters. The first kappa shape index (κ1) is 17.6. The summed E-state index contributed by atoms with van der Waals surface area (Å²) in [6.45, 7) is -0.142. The zero-order chi connectivity index (χ0) is 16.9. The maximum Gasteiger partial charge on any atom is 0.405 e. The summed E-state index contributed by atoms with van der Waals surface area (Å²) in [5, 5.41) is 6.61. The molecule has 0 radical (unpaired) electrons. The van der Waals surface area contributed by atoms with Gasteiger partial charge in [-0.2, -0.15) is 13.2 Å². The molecule has 1 aromatic heterocycles. The van der Waals surface area contributed by atoms with Gasteiger partial charge in [0.1, 0.15) is 6.54 Å². The molecule has 1 fully saturated rings. The van der Waals surface area contributed by atoms with Gasteiger partial charge < -0.3 is 15.5 Å². The number of nitrogens with one attached hydrogen (secondary N) is 2. The molecule has 1 aromatic rings. The highest BCUT2D eigenvalue weighted by atomic mass is 32.1. The molecule has 23 heavy (non-hydrogen) atoms. The van der Waals surface area contributed by atoms with Gasteiger partial charge in [-0.1, -0.05) is 6.07 Å². The third-order valence-corrected chi connectivity index (χ3v) is 4.49. The van der Waals surface area contributed by atoms with Gasteiger partial charge >= 0.3 is 12.2 Å². The summed E-state index contributed by atoms with van der Waals surface area (Å²) in [6, 6.07) is 3.60. The first-order chi connectivity index (χ1) is 10.8. The van der Waals surface area contributed by atoms with Crippen LogP contribution in [0.15, 0.2) is 17.5 Å². The lowest BCUT2D eigenvalue weighted by atomic mass is 9.96. The van der Waals surface area contributed by atoms with Gasteiger partial charge in [-0.3, -0.25) is 4.79 Å². The molecule has 0 aromatic carbocycles. The van der Waals surface area contributed by atoms with E-state index in [-0.39, 0.29) is 6.03 Å². The molecule has 0 saturated carbocycles. The van der Waals surface area contributed by atoms with Crippen molar-refractivity contribution in [3.05, 3.63) is 22.4 Å². The molecule has 0 spiro atoms. The van der Waals surface area contributed by atoms with E-state index in [0.717, 1.165) is 4.88 Å². The summed E-state index contributed by atoms with van der Waals surface area (Å²) < 4.78 is 36.2. The lowest BCUT2D eigenvalue weighted by molar-refractivity contribution is -0.141. The van der Waals surface area contributed by atoms with Gasteiger partial charge in [-0.05, 0) is 24.3 Å². The van der Waals surface area contributed by atoms with Gasteiger partial charge in [0.15, 0.2) is 0 Å². The van der Waals surface area contributed by atoms with Gasteiger partial charge in [-0.15, -0.1) is 11.3 Å². The van der Waals surface area contributed by atoms with E-state index in [1.807, 2.05) is 22.8 Å². The van der Waals surface area contributed by atoms with E-state index >= 15 is 0 Å². The Labute approximate surface area is 135 Å². The van der Waals surface area contributed by atoms with E-state index in [1.165, 1.54) is 0 Å². The average Bonchev–Trinajstić information content (AvgIpc) is 3.03. The number of hydrogen-bond acceptors (Lipinski definition) is 3. The summed E-state index contributed by atoms with van der Waals surface area (Å²) >= 11 is 1.55. The Morgan fingerprint density at radius 2 is 1.96 bits per heavy atom. The number of carbonyl (C=O) groups excluding carboxylic acids is 2. The van der Waals surface area contributed by atoms with Crippen LogP contribution in [0.25, 0.3) is 0 Å². The van der Waals surface area contributed by atoms with E-state index in [2.05, 4.69) is 5.32 Å². The number of rotatable bonds is 4. The van der Waals surface area contributed by atoms with Crippen molar-refractivity contribution in [1.29, 1.82) is 0 Å². The van der Waals surface area contributed by atoms with Gasteiger partial charge in [-0.25, -0.2) is 4.79 Å².